The Morgan fingerprint density at radius 2 is 2.07 bits per heavy atom. The zero-order chi connectivity index (χ0) is 10.9. The summed E-state index contributed by atoms with van der Waals surface area (Å²) in [6.07, 6.45) is 3.96. The molecule has 1 aromatic carbocycles. The fraction of sp³-hybridized carbons (Fsp3) is 0.286. The summed E-state index contributed by atoms with van der Waals surface area (Å²) in [6, 6.07) is 13.3. The molecule has 0 aromatic heterocycles. The molecule has 0 bridgehead atoms. The van der Waals surface area contributed by atoms with Crippen LogP contribution in [0, 0.1) is 12.0 Å². The lowest BCUT2D eigenvalue weighted by atomic mass is 10.2. The fourth-order valence-electron chi connectivity index (χ4n) is 1.30. The van der Waals surface area contributed by atoms with Crippen LogP contribution in [-0.2, 0) is 0 Å². The first-order valence-electron chi connectivity index (χ1n) is 5.33. The van der Waals surface area contributed by atoms with Crippen molar-refractivity contribution in [1.29, 1.82) is 0 Å². The predicted octanol–water partition coefficient (Wildman–Crippen LogP) is 3.44. The fourth-order valence-corrected chi connectivity index (χ4v) is 1.30. The van der Waals surface area contributed by atoms with Gasteiger partial charge in [0, 0.05) is 18.3 Å². The van der Waals surface area contributed by atoms with Gasteiger partial charge in [0.05, 0.1) is 0 Å². The molecule has 0 fully saturated rings. The van der Waals surface area contributed by atoms with Crippen LogP contribution < -0.4 is 4.90 Å². The van der Waals surface area contributed by atoms with Gasteiger partial charge in [0.1, 0.15) is 0 Å². The highest BCUT2D eigenvalue weighted by Gasteiger charge is 2.00. The zero-order valence-electron chi connectivity index (χ0n) is 9.24. The van der Waals surface area contributed by atoms with E-state index in [1.165, 1.54) is 6.42 Å². The normalized spacial score (nSPS) is 8.87. The first kappa shape index (κ1) is 11.4. The van der Waals surface area contributed by atoms with Gasteiger partial charge in [-0.05, 0) is 24.6 Å². The maximum atomic E-state index is 3.61. The highest BCUT2D eigenvalue weighted by molar-refractivity contribution is 5.51. The van der Waals surface area contributed by atoms with Gasteiger partial charge in [-0.25, -0.2) is 0 Å². The van der Waals surface area contributed by atoms with Crippen molar-refractivity contribution < 1.29 is 0 Å². The van der Waals surface area contributed by atoms with E-state index in [9.17, 15) is 0 Å². The first-order valence-corrected chi connectivity index (χ1v) is 5.33. The summed E-state index contributed by atoms with van der Waals surface area (Å²) >= 11 is 0. The molecule has 0 saturated carbocycles. The van der Waals surface area contributed by atoms with E-state index in [1.807, 2.05) is 18.2 Å². The Hall–Kier alpha value is -1.68. The van der Waals surface area contributed by atoms with Gasteiger partial charge < -0.3 is 4.90 Å². The van der Waals surface area contributed by atoms with Crippen molar-refractivity contribution in [3.8, 4) is 12.0 Å². The van der Waals surface area contributed by atoms with E-state index >= 15 is 0 Å². The lowest BCUT2D eigenvalue weighted by molar-refractivity contribution is 0.790. The summed E-state index contributed by atoms with van der Waals surface area (Å²) < 4.78 is 0. The molecule has 78 valence electrons. The van der Waals surface area contributed by atoms with E-state index in [1.54, 1.807) is 6.08 Å². The Labute approximate surface area is 92.4 Å². The summed E-state index contributed by atoms with van der Waals surface area (Å²) in [6.45, 7) is 6.76. The van der Waals surface area contributed by atoms with Gasteiger partial charge in [0.2, 0.25) is 0 Å². The van der Waals surface area contributed by atoms with Crippen LogP contribution in [0.15, 0.2) is 43.0 Å². The molecule has 0 heterocycles. The van der Waals surface area contributed by atoms with E-state index < -0.39 is 0 Å². The van der Waals surface area contributed by atoms with Crippen molar-refractivity contribution in [3.63, 3.8) is 0 Å². The van der Waals surface area contributed by atoms with Gasteiger partial charge in [-0.1, -0.05) is 44.0 Å². The van der Waals surface area contributed by atoms with Crippen molar-refractivity contribution in [3.05, 3.63) is 43.0 Å². The number of nitrogens with zero attached hydrogens (tertiary/aromatic N) is 1. The molecule has 0 atom stereocenters. The summed E-state index contributed by atoms with van der Waals surface area (Å²) in [7, 11) is 0. The van der Waals surface area contributed by atoms with E-state index in [-0.39, 0.29) is 0 Å². The van der Waals surface area contributed by atoms with Gasteiger partial charge in [-0.15, -0.1) is 0 Å². The summed E-state index contributed by atoms with van der Waals surface area (Å²) in [5.74, 6) is 2.90. The standard InChI is InChI=1S/C14H17N/c1-3-5-12-15(13-6-4-2)14-10-8-7-9-11-14/h3,7-11H,1,4,6,13H2,2H3. The molecule has 0 amide bonds. The van der Waals surface area contributed by atoms with Gasteiger partial charge >= 0.3 is 0 Å². The van der Waals surface area contributed by atoms with Gasteiger partial charge in [0.15, 0.2) is 0 Å². The zero-order valence-corrected chi connectivity index (χ0v) is 9.24. The van der Waals surface area contributed by atoms with Crippen LogP contribution >= 0.6 is 0 Å². The maximum absolute atomic E-state index is 3.61. The van der Waals surface area contributed by atoms with Gasteiger partial charge in [-0.3, -0.25) is 0 Å². The molecule has 0 aliphatic rings. The molecule has 0 radical (unpaired) electrons. The Bertz CT molecular complexity index is 343. The molecule has 0 saturated heterocycles. The van der Waals surface area contributed by atoms with E-state index in [0.29, 0.717) is 0 Å². The second-order valence-electron chi connectivity index (χ2n) is 3.30. The van der Waals surface area contributed by atoms with Crippen LogP contribution in [0.3, 0.4) is 0 Å². The largest absolute Gasteiger partial charge is 0.301 e. The minimum absolute atomic E-state index is 0.974. The van der Waals surface area contributed by atoms with Crippen molar-refractivity contribution in [2.24, 2.45) is 0 Å². The molecule has 15 heavy (non-hydrogen) atoms. The molecular formula is C14H17N. The molecule has 1 aromatic rings. The Morgan fingerprint density at radius 1 is 1.33 bits per heavy atom. The number of para-hydroxylation sites is 1. The molecule has 0 aliphatic carbocycles. The third-order valence-corrected chi connectivity index (χ3v) is 2.10. The molecule has 1 nitrogen and oxygen atoms in total. The third kappa shape index (κ3) is 3.91. The molecule has 0 unspecified atom stereocenters. The summed E-state index contributed by atoms with van der Waals surface area (Å²) in [5, 5.41) is 0. The highest BCUT2D eigenvalue weighted by atomic mass is 15.1. The van der Waals surface area contributed by atoms with Crippen LogP contribution in [0.1, 0.15) is 19.8 Å². The van der Waals surface area contributed by atoms with E-state index in [2.05, 4.69) is 42.5 Å². The van der Waals surface area contributed by atoms with Crippen LogP contribution in [-0.4, -0.2) is 6.54 Å². The molecule has 1 heteroatoms. The van der Waals surface area contributed by atoms with Crippen molar-refractivity contribution in [2.45, 2.75) is 19.8 Å². The minimum Gasteiger partial charge on any atom is -0.301 e. The number of hydrogen-bond donors (Lipinski definition) is 0. The highest BCUT2D eigenvalue weighted by Crippen LogP contribution is 2.12. The number of rotatable bonds is 4. The van der Waals surface area contributed by atoms with Crippen LogP contribution in [0.25, 0.3) is 0 Å². The molecular weight excluding hydrogens is 182 g/mol. The number of benzene rings is 1. The maximum Gasteiger partial charge on any atom is 0.0489 e. The van der Waals surface area contributed by atoms with Crippen molar-refractivity contribution >= 4 is 5.69 Å². The smallest absolute Gasteiger partial charge is 0.0489 e. The number of unbranched alkanes of at least 4 members (excludes halogenated alkanes) is 1. The quantitative estimate of drug-likeness (QED) is 0.530. The molecule has 0 aliphatic heterocycles. The predicted molar refractivity (Wildman–Crippen MR) is 66.7 cm³/mol. The van der Waals surface area contributed by atoms with E-state index in [4.69, 9.17) is 0 Å². The first-order chi connectivity index (χ1) is 7.38. The van der Waals surface area contributed by atoms with Gasteiger partial charge in [-0.2, -0.15) is 0 Å². The third-order valence-electron chi connectivity index (χ3n) is 2.10. The van der Waals surface area contributed by atoms with E-state index in [0.717, 1.165) is 18.7 Å². The summed E-state index contributed by atoms with van der Waals surface area (Å²) in [5.41, 5.74) is 1.15. The van der Waals surface area contributed by atoms with Crippen molar-refractivity contribution in [2.75, 3.05) is 11.4 Å². The summed E-state index contributed by atoms with van der Waals surface area (Å²) in [4.78, 5) is 2.07. The SMILES string of the molecule is C=CC#CN(CCCC)c1ccccc1. The van der Waals surface area contributed by atoms with Crippen molar-refractivity contribution in [1.82, 2.24) is 0 Å². The second-order valence-corrected chi connectivity index (χ2v) is 3.30. The van der Waals surface area contributed by atoms with Gasteiger partial charge in [0.25, 0.3) is 0 Å². The molecule has 0 N–H and O–H groups in total. The Morgan fingerprint density at radius 3 is 2.67 bits per heavy atom. The van der Waals surface area contributed by atoms with Crippen LogP contribution in [0.2, 0.25) is 0 Å². The van der Waals surface area contributed by atoms with Crippen LogP contribution in [0.5, 0.6) is 0 Å². The molecule has 0 spiro atoms. The van der Waals surface area contributed by atoms with Crippen LogP contribution in [0.4, 0.5) is 5.69 Å². The Kier molecular flexibility index (Phi) is 5.11. The average molecular weight is 199 g/mol. The Balaban J connectivity index is 2.76. The molecule has 1 rings (SSSR count). The number of hydrogen-bond acceptors (Lipinski definition) is 1. The average Bonchev–Trinajstić information content (AvgIpc) is 2.30. The monoisotopic (exact) mass is 199 g/mol. The second kappa shape index (κ2) is 6.73. The lowest BCUT2D eigenvalue weighted by Crippen LogP contribution is -2.17. The number of allylic oxidation sites excluding steroid dienone is 1. The topological polar surface area (TPSA) is 3.24 Å². The number of anilines is 1. The minimum atomic E-state index is 0.974. The lowest BCUT2D eigenvalue weighted by Gasteiger charge is -2.16.